The normalized spacial score (nSPS) is 12.3. The molecule has 2 aromatic carbocycles. The third-order valence-electron chi connectivity index (χ3n) is 3.27. The molecule has 0 amide bonds. The third kappa shape index (κ3) is 4.34. The number of rotatable bonds is 9. The molecule has 0 radical (unpaired) electrons. The van der Waals surface area contributed by atoms with Gasteiger partial charge in [-0.2, -0.15) is 0 Å². The quantitative estimate of drug-likeness (QED) is 0.693. The van der Waals surface area contributed by atoms with Gasteiger partial charge in [0, 0.05) is 23.8 Å². The largest absolute Gasteiger partial charge is 0.496 e. The molecule has 0 heterocycles. The number of aliphatic hydroxyl groups is 2. The maximum atomic E-state index is 9.14. The fourth-order valence-corrected chi connectivity index (χ4v) is 2.17. The van der Waals surface area contributed by atoms with Crippen LogP contribution >= 0.6 is 0 Å². The lowest BCUT2D eigenvalue weighted by molar-refractivity contribution is 0.00358. The lowest BCUT2D eigenvalue weighted by atomic mass is 10.1. The monoisotopic (exact) mass is 306 g/mol. The molecule has 0 bridgehead atoms. The molecule has 0 saturated heterocycles. The van der Waals surface area contributed by atoms with Gasteiger partial charge in [0.05, 0.1) is 26.9 Å². The maximum absolute atomic E-state index is 9.14. The molecule has 120 valence electrons. The fourth-order valence-electron chi connectivity index (χ4n) is 2.17. The smallest absolute Gasteiger partial charge is 0.127 e. The van der Waals surface area contributed by atoms with E-state index in [4.69, 9.17) is 24.4 Å². The Morgan fingerprint density at radius 3 is 2.36 bits per heavy atom. The Labute approximate surface area is 130 Å². The first-order valence-electron chi connectivity index (χ1n) is 7.31. The fraction of sp³-hybridized carbons (Fsp3) is 0.412. The molecule has 2 aromatic rings. The van der Waals surface area contributed by atoms with Gasteiger partial charge in [-0.25, -0.2) is 0 Å². The van der Waals surface area contributed by atoms with Crippen molar-refractivity contribution in [2.24, 2.45) is 0 Å². The minimum absolute atomic E-state index is 0.141. The predicted molar refractivity (Wildman–Crippen MR) is 84.5 cm³/mol. The van der Waals surface area contributed by atoms with Crippen LogP contribution < -0.4 is 9.47 Å². The van der Waals surface area contributed by atoms with Gasteiger partial charge >= 0.3 is 0 Å². The van der Waals surface area contributed by atoms with Gasteiger partial charge in [0.25, 0.3) is 0 Å². The zero-order valence-corrected chi connectivity index (χ0v) is 12.7. The molecule has 0 aromatic heterocycles. The van der Waals surface area contributed by atoms with Crippen LogP contribution in [0.5, 0.6) is 11.5 Å². The molecule has 0 saturated carbocycles. The van der Waals surface area contributed by atoms with E-state index in [-0.39, 0.29) is 13.2 Å². The molecule has 1 atom stereocenters. The average Bonchev–Trinajstić information content (AvgIpc) is 2.57. The van der Waals surface area contributed by atoms with Crippen LogP contribution in [0, 0.1) is 0 Å². The third-order valence-corrected chi connectivity index (χ3v) is 3.27. The van der Waals surface area contributed by atoms with Crippen molar-refractivity contribution in [2.75, 3.05) is 33.5 Å². The Balaban J connectivity index is 1.87. The van der Waals surface area contributed by atoms with Crippen molar-refractivity contribution in [3.8, 4) is 11.5 Å². The summed E-state index contributed by atoms with van der Waals surface area (Å²) >= 11 is 0. The number of benzene rings is 2. The number of methoxy groups -OCH3 is 1. The molecule has 0 unspecified atom stereocenters. The summed E-state index contributed by atoms with van der Waals surface area (Å²) < 4.78 is 16.4. The second-order valence-corrected chi connectivity index (χ2v) is 4.92. The van der Waals surface area contributed by atoms with Crippen LogP contribution in [0.25, 0.3) is 10.8 Å². The van der Waals surface area contributed by atoms with E-state index in [1.807, 2.05) is 36.4 Å². The lowest BCUT2D eigenvalue weighted by Crippen LogP contribution is -2.20. The van der Waals surface area contributed by atoms with E-state index in [0.717, 1.165) is 22.3 Å². The van der Waals surface area contributed by atoms with Gasteiger partial charge in [-0.3, -0.25) is 0 Å². The number of hydrogen-bond acceptors (Lipinski definition) is 5. The summed E-state index contributed by atoms with van der Waals surface area (Å²) in [4.78, 5) is 0. The molecule has 0 aliphatic rings. The first-order valence-corrected chi connectivity index (χ1v) is 7.31. The Bertz CT molecular complexity index is 584. The van der Waals surface area contributed by atoms with Gasteiger partial charge in [-0.1, -0.05) is 24.3 Å². The molecule has 2 N–H and O–H groups in total. The molecule has 0 spiro atoms. The summed E-state index contributed by atoms with van der Waals surface area (Å²) in [5.74, 6) is 1.64. The molecule has 0 aliphatic heterocycles. The molecule has 5 nitrogen and oxygen atoms in total. The molecule has 0 aliphatic carbocycles. The van der Waals surface area contributed by atoms with Gasteiger partial charge in [0.2, 0.25) is 0 Å². The highest BCUT2D eigenvalue weighted by molar-refractivity contribution is 5.93. The number of fused-ring (bicyclic) bond motifs is 1. The zero-order valence-electron chi connectivity index (χ0n) is 12.7. The van der Waals surface area contributed by atoms with Crippen molar-refractivity contribution in [1.29, 1.82) is 0 Å². The maximum Gasteiger partial charge on any atom is 0.127 e. The Morgan fingerprint density at radius 1 is 1.00 bits per heavy atom. The highest BCUT2D eigenvalue weighted by atomic mass is 16.5. The van der Waals surface area contributed by atoms with Crippen LogP contribution in [0.2, 0.25) is 0 Å². The summed E-state index contributed by atoms with van der Waals surface area (Å²) in [5, 5.41) is 19.8. The van der Waals surface area contributed by atoms with Gasteiger partial charge in [0.1, 0.15) is 17.6 Å². The Hall–Kier alpha value is -1.82. The zero-order chi connectivity index (χ0) is 15.8. The highest BCUT2D eigenvalue weighted by Crippen LogP contribution is 2.31. The van der Waals surface area contributed by atoms with E-state index in [9.17, 15) is 0 Å². The van der Waals surface area contributed by atoms with Crippen LogP contribution in [0.15, 0.2) is 36.4 Å². The van der Waals surface area contributed by atoms with Crippen LogP contribution in [0.3, 0.4) is 0 Å². The van der Waals surface area contributed by atoms with E-state index in [1.165, 1.54) is 0 Å². The van der Waals surface area contributed by atoms with Crippen LogP contribution in [0.1, 0.15) is 6.42 Å². The number of ether oxygens (including phenoxy) is 3. The molecule has 22 heavy (non-hydrogen) atoms. The average molecular weight is 306 g/mol. The number of hydrogen-bond donors (Lipinski definition) is 2. The minimum atomic E-state index is -0.813. The lowest BCUT2D eigenvalue weighted by Gasteiger charge is -2.12. The van der Waals surface area contributed by atoms with Crippen molar-refractivity contribution in [3.05, 3.63) is 36.4 Å². The summed E-state index contributed by atoms with van der Waals surface area (Å²) in [7, 11) is 1.65. The van der Waals surface area contributed by atoms with Crippen LogP contribution in [0.4, 0.5) is 0 Å². The van der Waals surface area contributed by atoms with Crippen LogP contribution in [-0.2, 0) is 4.74 Å². The van der Waals surface area contributed by atoms with Gasteiger partial charge < -0.3 is 24.4 Å². The summed E-state index contributed by atoms with van der Waals surface area (Å²) in [5.41, 5.74) is 0. The van der Waals surface area contributed by atoms with Crippen molar-refractivity contribution in [3.63, 3.8) is 0 Å². The Kier molecular flexibility index (Phi) is 6.45. The highest BCUT2D eigenvalue weighted by Gasteiger charge is 2.06. The second-order valence-electron chi connectivity index (χ2n) is 4.92. The SMILES string of the molecule is COc1cccc2c(OCCCOC[C@H](O)CO)cccc12. The topological polar surface area (TPSA) is 68.2 Å². The van der Waals surface area contributed by atoms with Crippen molar-refractivity contribution >= 4 is 10.8 Å². The van der Waals surface area contributed by atoms with Crippen molar-refractivity contribution < 1.29 is 24.4 Å². The van der Waals surface area contributed by atoms with E-state index >= 15 is 0 Å². The summed E-state index contributed by atoms with van der Waals surface area (Å²) in [6.07, 6.45) is -0.107. The van der Waals surface area contributed by atoms with Crippen molar-refractivity contribution in [2.45, 2.75) is 12.5 Å². The minimum Gasteiger partial charge on any atom is -0.496 e. The standard InChI is InChI=1S/C17H22O5/c1-20-16-7-2-6-15-14(16)5-3-8-17(15)22-10-4-9-21-12-13(19)11-18/h2-3,5-8,13,18-19H,4,9-12H2,1H3/t13-/m1/s1. The van der Waals surface area contributed by atoms with Gasteiger partial charge in [-0.05, 0) is 12.1 Å². The van der Waals surface area contributed by atoms with E-state index in [2.05, 4.69) is 0 Å². The number of aliphatic hydroxyl groups excluding tert-OH is 2. The van der Waals surface area contributed by atoms with E-state index in [1.54, 1.807) is 7.11 Å². The van der Waals surface area contributed by atoms with E-state index < -0.39 is 6.10 Å². The first kappa shape index (κ1) is 16.5. The molecular formula is C17H22O5. The van der Waals surface area contributed by atoms with Gasteiger partial charge in [0.15, 0.2) is 0 Å². The molecule has 2 rings (SSSR count). The molecule has 0 fully saturated rings. The predicted octanol–water partition coefficient (Wildman–Crippen LogP) is 1.99. The molecular weight excluding hydrogens is 284 g/mol. The summed E-state index contributed by atoms with van der Waals surface area (Å²) in [6, 6.07) is 11.7. The van der Waals surface area contributed by atoms with Crippen LogP contribution in [-0.4, -0.2) is 49.9 Å². The summed E-state index contributed by atoms with van der Waals surface area (Å²) in [6.45, 7) is 0.854. The Morgan fingerprint density at radius 2 is 1.68 bits per heavy atom. The first-order chi connectivity index (χ1) is 10.8. The van der Waals surface area contributed by atoms with Gasteiger partial charge in [-0.15, -0.1) is 0 Å². The van der Waals surface area contributed by atoms with E-state index in [0.29, 0.717) is 19.6 Å². The second kappa shape index (κ2) is 8.58. The molecule has 5 heteroatoms. The van der Waals surface area contributed by atoms with Crippen molar-refractivity contribution in [1.82, 2.24) is 0 Å².